The van der Waals surface area contributed by atoms with Crippen LogP contribution in [0.2, 0.25) is 0 Å². The molecule has 150 valence electrons. The fraction of sp³-hybridized carbons (Fsp3) is 0.143. The van der Waals surface area contributed by atoms with Gasteiger partial charge in [0.05, 0.1) is 0 Å². The Morgan fingerprint density at radius 3 is 1.90 bits per heavy atom. The Bertz CT molecular complexity index is 1020. The lowest BCUT2D eigenvalue weighted by molar-refractivity contribution is 0.306. The Morgan fingerprint density at radius 2 is 1.20 bits per heavy atom. The number of hydrogen-bond acceptors (Lipinski definition) is 2. The van der Waals surface area contributed by atoms with E-state index in [2.05, 4.69) is 96.3 Å². The van der Waals surface area contributed by atoms with Gasteiger partial charge in [-0.05, 0) is 40.8 Å². The quantitative estimate of drug-likeness (QED) is 0.358. The molecule has 30 heavy (non-hydrogen) atoms. The third-order valence-corrected chi connectivity index (χ3v) is 5.18. The molecule has 2 heteroatoms. The van der Waals surface area contributed by atoms with E-state index in [1.54, 1.807) is 0 Å². The van der Waals surface area contributed by atoms with E-state index in [1.165, 1.54) is 22.3 Å². The van der Waals surface area contributed by atoms with Gasteiger partial charge in [0, 0.05) is 12.6 Å². The zero-order valence-corrected chi connectivity index (χ0v) is 17.1. The summed E-state index contributed by atoms with van der Waals surface area (Å²) in [4.78, 5) is 0. The van der Waals surface area contributed by atoms with Gasteiger partial charge < -0.3 is 10.1 Å². The first-order valence-corrected chi connectivity index (χ1v) is 10.4. The van der Waals surface area contributed by atoms with Gasteiger partial charge >= 0.3 is 0 Å². The third kappa shape index (κ3) is 5.82. The first kappa shape index (κ1) is 19.9. The van der Waals surface area contributed by atoms with Crippen LogP contribution in [0.15, 0.2) is 115 Å². The summed E-state index contributed by atoms with van der Waals surface area (Å²) in [6, 6.07) is 40.2. The Balaban J connectivity index is 1.41. The normalized spacial score (nSPS) is 11.7. The average Bonchev–Trinajstić information content (AvgIpc) is 2.82. The summed E-state index contributed by atoms with van der Waals surface area (Å²) >= 11 is 0. The number of rotatable bonds is 9. The molecule has 0 bridgehead atoms. The Kier molecular flexibility index (Phi) is 6.93. The van der Waals surface area contributed by atoms with E-state index in [-0.39, 0.29) is 6.04 Å². The molecule has 0 aliphatic heterocycles. The van der Waals surface area contributed by atoms with Gasteiger partial charge in [-0.2, -0.15) is 0 Å². The van der Waals surface area contributed by atoms with Gasteiger partial charge in [-0.3, -0.25) is 0 Å². The Morgan fingerprint density at radius 1 is 0.600 bits per heavy atom. The topological polar surface area (TPSA) is 21.3 Å². The zero-order valence-electron chi connectivity index (χ0n) is 17.1. The first-order chi connectivity index (χ1) is 14.9. The van der Waals surface area contributed by atoms with Crippen molar-refractivity contribution in [3.63, 3.8) is 0 Å². The highest BCUT2D eigenvalue weighted by atomic mass is 16.5. The highest BCUT2D eigenvalue weighted by Gasteiger charge is 2.12. The summed E-state index contributed by atoms with van der Waals surface area (Å²) in [5, 5.41) is 3.75. The molecule has 0 spiro atoms. The van der Waals surface area contributed by atoms with Gasteiger partial charge in [0.2, 0.25) is 0 Å². The van der Waals surface area contributed by atoms with Gasteiger partial charge in [-0.25, -0.2) is 0 Å². The largest absolute Gasteiger partial charge is 0.489 e. The minimum Gasteiger partial charge on any atom is -0.489 e. The molecular weight excluding hydrogens is 366 g/mol. The maximum absolute atomic E-state index is 5.99. The van der Waals surface area contributed by atoms with Crippen molar-refractivity contribution in [3.8, 4) is 5.75 Å². The van der Waals surface area contributed by atoms with E-state index >= 15 is 0 Å². The van der Waals surface area contributed by atoms with Crippen LogP contribution >= 0.6 is 0 Å². The van der Waals surface area contributed by atoms with Crippen LogP contribution in [-0.2, 0) is 19.6 Å². The van der Waals surface area contributed by atoms with Crippen molar-refractivity contribution in [3.05, 3.63) is 138 Å². The summed E-state index contributed by atoms with van der Waals surface area (Å²) in [6.07, 6.45) is 0.953. The number of hydrogen-bond donors (Lipinski definition) is 1. The predicted octanol–water partition coefficient (Wildman–Crippen LogP) is 6.34. The standard InChI is InChI=1S/C28H27NO/c1-4-11-23(12-5-1)20-28(26-16-8-3-9-17-26)29-21-25-15-10-18-27(19-25)30-22-24-13-6-2-7-14-24/h1-19,28-29H,20-22H2. The minimum absolute atomic E-state index is 0.252. The molecule has 4 rings (SSSR count). The van der Waals surface area contributed by atoms with Crippen LogP contribution in [0.1, 0.15) is 28.3 Å². The summed E-state index contributed by atoms with van der Waals surface area (Å²) in [5.41, 5.74) is 5.03. The highest BCUT2D eigenvalue weighted by molar-refractivity contribution is 5.30. The lowest BCUT2D eigenvalue weighted by Gasteiger charge is -2.20. The van der Waals surface area contributed by atoms with Crippen molar-refractivity contribution >= 4 is 0 Å². The molecular formula is C28H27NO. The molecule has 1 N–H and O–H groups in total. The SMILES string of the molecule is c1ccc(COc2cccc(CNC(Cc3ccccc3)c3ccccc3)c2)cc1. The molecule has 1 atom stereocenters. The first-order valence-electron chi connectivity index (χ1n) is 10.4. The number of ether oxygens (including phenoxy) is 1. The van der Waals surface area contributed by atoms with Crippen molar-refractivity contribution in [1.29, 1.82) is 0 Å². The van der Waals surface area contributed by atoms with Gasteiger partial charge in [0.1, 0.15) is 12.4 Å². The molecule has 1 unspecified atom stereocenters. The Labute approximate surface area is 179 Å². The molecule has 0 amide bonds. The van der Waals surface area contributed by atoms with Crippen LogP contribution < -0.4 is 10.1 Å². The molecule has 0 aliphatic carbocycles. The van der Waals surface area contributed by atoms with Gasteiger partial charge in [0.15, 0.2) is 0 Å². The van der Waals surface area contributed by atoms with E-state index in [1.807, 2.05) is 24.3 Å². The molecule has 0 heterocycles. The number of benzene rings is 4. The summed E-state index contributed by atoms with van der Waals surface area (Å²) < 4.78 is 5.99. The maximum Gasteiger partial charge on any atom is 0.120 e. The highest BCUT2D eigenvalue weighted by Crippen LogP contribution is 2.20. The molecule has 0 saturated heterocycles. The van der Waals surface area contributed by atoms with Crippen LogP contribution in [0, 0.1) is 0 Å². The lowest BCUT2D eigenvalue weighted by Crippen LogP contribution is -2.23. The van der Waals surface area contributed by atoms with Crippen molar-refractivity contribution in [2.45, 2.75) is 25.6 Å². The van der Waals surface area contributed by atoms with E-state index in [0.29, 0.717) is 6.61 Å². The molecule has 4 aromatic carbocycles. The van der Waals surface area contributed by atoms with Gasteiger partial charge in [-0.1, -0.05) is 103 Å². The zero-order chi connectivity index (χ0) is 20.4. The Hall–Kier alpha value is -3.36. The van der Waals surface area contributed by atoms with Crippen LogP contribution in [0.3, 0.4) is 0 Å². The minimum atomic E-state index is 0.252. The summed E-state index contributed by atoms with van der Waals surface area (Å²) in [6.45, 7) is 1.37. The second-order valence-electron chi connectivity index (χ2n) is 7.46. The van der Waals surface area contributed by atoms with E-state index < -0.39 is 0 Å². The molecule has 2 nitrogen and oxygen atoms in total. The second-order valence-corrected chi connectivity index (χ2v) is 7.46. The predicted molar refractivity (Wildman–Crippen MR) is 123 cm³/mol. The van der Waals surface area contributed by atoms with Crippen molar-refractivity contribution in [2.24, 2.45) is 0 Å². The van der Waals surface area contributed by atoms with Crippen LogP contribution in [0.5, 0.6) is 5.75 Å². The lowest BCUT2D eigenvalue weighted by atomic mass is 9.98. The van der Waals surface area contributed by atoms with E-state index in [4.69, 9.17) is 4.74 Å². The van der Waals surface area contributed by atoms with E-state index in [0.717, 1.165) is 18.7 Å². The monoisotopic (exact) mass is 393 g/mol. The van der Waals surface area contributed by atoms with Crippen LogP contribution in [0.25, 0.3) is 0 Å². The van der Waals surface area contributed by atoms with Gasteiger partial charge in [0.25, 0.3) is 0 Å². The fourth-order valence-corrected chi connectivity index (χ4v) is 3.57. The molecule has 4 aromatic rings. The molecule has 0 saturated carbocycles. The molecule has 0 aliphatic rings. The molecule has 0 fully saturated rings. The van der Waals surface area contributed by atoms with Crippen LogP contribution in [-0.4, -0.2) is 0 Å². The van der Waals surface area contributed by atoms with Gasteiger partial charge in [-0.15, -0.1) is 0 Å². The smallest absolute Gasteiger partial charge is 0.120 e. The van der Waals surface area contributed by atoms with E-state index in [9.17, 15) is 0 Å². The fourth-order valence-electron chi connectivity index (χ4n) is 3.57. The summed E-state index contributed by atoms with van der Waals surface area (Å²) in [7, 11) is 0. The maximum atomic E-state index is 5.99. The summed E-state index contributed by atoms with van der Waals surface area (Å²) in [5.74, 6) is 0.900. The third-order valence-electron chi connectivity index (χ3n) is 5.18. The molecule has 0 aromatic heterocycles. The van der Waals surface area contributed by atoms with Crippen molar-refractivity contribution in [1.82, 2.24) is 5.32 Å². The average molecular weight is 394 g/mol. The van der Waals surface area contributed by atoms with Crippen molar-refractivity contribution in [2.75, 3.05) is 0 Å². The number of nitrogens with one attached hydrogen (secondary N) is 1. The molecule has 0 radical (unpaired) electrons. The second kappa shape index (κ2) is 10.4. The van der Waals surface area contributed by atoms with Crippen molar-refractivity contribution < 1.29 is 4.74 Å². The van der Waals surface area contributed by atoms with Crippen LogP contribution in [0.4, 0.5) is 0 Å².